The molecule has 1 heterocycles. The summed E-state index contributed by atoms with van der Waals surface area (Å²) in [6, 6.07) is 4.16. The van der Waals surface area contributed by atoms with E-state index in [9.17, 15) is 4.79 Å². The molecule has 0 aliphatic rings. The molecule has 1 aromatic heterocycles. The minimum atomic E-state index is -0.302. The number of hydrogen-bond acceptors (Lipinski definition) is 3. The Bertz CT molecular complexity index is 618. The Morgan fingerprint density at radius 2 is 1.85 bits per heavy atom. The van der Waals surface area contributed by atoms with Gasteiger partial charge in [-0.15, -0.1) is 0 Å². The van der Waals surface area contributed by atoms with Gasteiger partial charge < -0.3 is 4.74 Å². The quantitative estimate of drug-likeness (QED) is 0.763. The van der Waals surface area contributed by atoms with Crippen molar-refractivity contribution in [1.82, 2.24) is 4.98 Å². The van der Waals surface area contributed by atoms with Crippen LogP contribution in [0.15, 0.2) is 18.3 Å². The van der Waals surface area contributed by atoms with Gasteiger partial charge in [-0.2, -0.15) is 0 Å². The summed E-state index contributed by atoms with van der Waals surface area (Å²) in [6.45, 7) is 12.2. The topological polar surface area (TPSA) is 39.2 Å². The van der Waals surface area contributed by atoms with Gasteiger partial charge in [-0.25, -0.2) is 4.79 Å². The maximum atomic E-state index is 11.8. The minimum absolute atomic E-state index is 0.302. The van der Waals surface area contributed by atoms with Crippen LogP contribution >= 0.6 is 0 Å². The lowest BCUT2D eigenvalue weighted by Gasteiger charge is -2.10. The highest BCUT2D eigenvalue weighted by Crippen LogP contribution is 2.24. The molecular formula is C17H23NO2. The Labute approximate surface area is 121 Å². The molecule has 0 fully saturated rings. The van der Waals surface area contributed by atoms with Gasteiger partial charge in [0.1, 0.15) is 0 Å². The molecule has 2 aromatic rings. The third-order valence-electron chi connectivity index (χ3n) is 3.07. The van der Waals surface area contributed by atoms with E-state index in [-0.39, 0.29) is 5.97 Å². The van der Waals surface area contributed by atoms with E-state index in [1.54, 1.807) is 13.1 Å². The first-order chi connectivity index (χ1) is 9.54. The van der Waals surface area contributed by atoms with E-state index in [1.807, 2.05) is 34.6 Å². The van der Waals surface area contributed by atoms with Crippen LogP contribution in [0.3, 0.4) is 0 Å². The van der Waals surface area contributed by atoms with Crippen LogP contribution in [-0.4, -0.2) is 17.6 Å². The van der Waals surface area contributed by atoms with E-state index in [4.69, 9.17) is 4.74 Å². The summed E-state index contributed by atoms with van der Waals surface area (Å²) >= 11 is 0. The maximum absolute atomic E-state index is 11.8. The number of aryl methyl sites for hydroxylation is 3. The lowest BCUT2D eigenvalue weighted by molar-refractivity contribution is 0.0525. The molecule has 0 saturated heterocycles. The Morgan fingerprint density at radius 1 is 1.20 bits per heavy atom. The molecule has 0 bridgehead atoms. The third-order valence-corrected chi connectivity index (χ3v) is 3.07. The molecule has 0 aliphatic heterocycles. The van der Waals surface area contributed by atoms with Crippen molar-refractivity contribution < 1.29 is 9.53 Å². The molecule has 0 aliphatic carbocycles. The van der Waals surface area contributed by atoms with E-state index in [2.05, 4.69) is 17.1 Å². The highest BCUT2D eigenvalue weighted by Gasteiger charge is 2.14. The van der Waals surface area contributed by atoms with E-state index < -0.39 is 0 Å². The molecule has 20 heavy (non-hydrogen) atoms. The predicted octanol–water partition coefficient (Wildman–Crippen LogP) is 4.36. The molecule has 0 radical (unpaired) electrons. The zero-order valence-electron chi connectivity index (χ0n) is 13.2. The highest BCUT2D eigenvalue weighted by molar-refractivity contribution is 5.97. The summed E-state index contributed by atoms with van der Waals surface area (Å²) in [5.41, 5.74) is 4.74. The molecule has 1 aromatic carbocycles. The number of aromatic nitrogens is 1. The first kappa shape index (κ1) is 16.2. The summed E-state index contributed by atoms with van der Waals surface area (Å²) in [5.74, 6) is -0.302. The van der Waals surface area contributed by atoms with Crippen molar-refractivity contribution in [3.8, 4) is 0 Å². The van der Waals surface area contributed by atoms with E-state index in [0.717, 1.165) is 22.0 Å². The van der Waals surface area contributed by atoms with Crippen LogP contribution in [0, 0.1) is 20.8 Å². The molecule has 0 atom stereocenters. The van der Waals surface area contributed by atoms with Crippen molar-refractivity contribution in [2.45, 2.75) is 41.5 Å². The van der Waals surface area contributed by atoms with Crippen molar-refractivity contribution in [2.24, 2.45) is 0 Å². The number of carbonyl (C=O) groups excluding carboxylic acids is 1. The number of carbonyl (C=O) groups is 1. The van der Waals surface area contributed by atoms with E-state index in [1.165, 1.54) is 5.56 Å². The van der Waals surface area contributed by atoms with Crippen molar-refractivity contribution in [3.63, 3.8) is 0 Å². The zero-order valence-corrected chi connectivity index (χ0v) is 13.2. The summed E-state index contributed by atoms with van der Waals surface area (Å²) in [7, 11) is 0. The molecule has 3 nitrogen and oxygen atoms in total. The number of hydrogen-bond donors (Lipinski definition) is 0. The fourth-order valence-corrected chi connectivity index (χ4v) is 2.20. The van der Waals surface area contributed by atoms with E-state index >= 15 is 0 Å². The zero-order chi connectivity index (χ0) is 15.3. The molecule has 0 spiro atoms. The van der Waals surface area contributed by atoms with Crippen molar-refractivity contribution >= 4 is 16.9 Å². The van der Waals surface area contributed by atoms with Crippen LogP contribution in [-0.2, 0) is 4.74 Å². The molecule has 0 amide bonds. The smallest absolute Gasteiger partial charge is 0.339 e. The Morgan fingerprint density at radius 3 is 2.45 bits per heavy atom. The first-order valence-corrected chi connectivity index (χ1v) is 7.08. The molecule has 0 N–H and O–H groups in total. The number of rotatable bonds is 2. The summed E-state index contributed by atoms with van der Waals surface area (Å²) in [5, 5.41) is 1.03. The fraction of sp³-hybridized carbons (Fsp3) is 0.412. The van der Waals surface area contributed by atoms with Crippen LogP contribution in [0.1, 0.15) is 47.8 Å². The first-order valence-electron chi connectivity index (χ1n) is 7.08. The van der Waals surface area contributed by atoms with Gasteiger partial charge in [-0.3, -0.25) is 4.98 Å². The normalized spacial score (nSPS) is 9.90. The van der Waals surface area contributed by atoms with Crippen LogP contribution in [0.4, 0.5) is 0 Å². The SMILES string of the molecule is CC.CCOC(=O)c1cnc2c(C)cc(C)cc2c1C. The number of fused-ring (bicyclic) bond motifs is 1. The second kappa shape index (κ2) is 7.04. The number of nitrogens with zero attached hydrogens (tertiary/aromatic N) is 1. The molecule has 3 heteroatoms. The largest absolute Gasteiger partial charge is 0.462 e. The van der Waals surface area contributed by atoms with Gasteiger partial charge in [0.05, 0.1) is 17.7 Å². The van der Waals surface area contributed by atoms with Crippen molar-refractivity contribution in [3.05, 3.63) is 40.6 Å². The summed E-state index contributed by atoms with van der Waals surface area (Å²) < 4.78 is 5.04. The third kappa shape index (κ3) is 3.16. The van der Waals surface area contributed by atoms with Crippen LogP contribution < -0.4 is 0 Å². The number of esters is 1. The van der Waals surface area contributed by atoms with Gasteiger partial charge >= 0.3 is 5.97 Å². The lowest BCUT2D eigenvalue weighted by Crippen LogP contribution is -2.08. The second-order valence-corrected chi connectivity index (χ2v) is 4.50. The predicted molar refractivity (Wildman–Crippen MR) is 83.3 cm³/mol. The summed E-state index contributed by atoms with van der Waals surface area (Å²) in [6.07, 6.45) is 1.61. The van der Waals surface area contributed by atoms with Gasteiger partial charge in [0.15, 0.2) is 0 Å². The average molecular weight is 273 g/mol. The number of pyridine rings is 1. The molecule has 0 saturated carbocycles. The van der Waals surface area contributed by atoms with Crippen LogP contribution in [0.2, 0.25) is 0 Å². The van der Waals surface area contributed by atoms with E-state index in [0.29, 0.717) is 12.2 Å². The van der Waals surface area contributed by atoms with Gasteiger partial charge in [0.25, 0.3) is 0 Å². The average Bonchev–Trinajstić information content (AvgIpc) is 2.42. The lowest BCUT2D eigenvalue weighted by atomic mass is 10.0. The monoisotopic (exact) mass is 273 g/mol. The van der Waals surface area contributed by atoms with Gasteiger partial charge in [0, 0.05) is 11.6 Å². The van der Waals surface area contributed by atoms with Crippen molar-refractivity contribution in [2.75, 3.05) is 6.61 Å². The van der Waals surface area contributed by atoms with Crippen molar-refractivity contribution in [1.29, 1.82) is 0 Å². The van der Waals surface area contributed by atoms with Gasteiger partial charge in [-0.1, -0.05) is 25.5 Å². The Hall–Kier alpha value is -1.90. The Kier molecular flexibility index (Phi) is 5.68. The van der Waals surface area contributed by atoms with Crippen LogP contribution in [0.25, 0.3) is 10.9 Å². The minimum Gasteiger partial charge on any atom is -0.462 e. The fourth-order valence-electron chi connectivity index (χ4n) is 2.20. The number of ether oxygens (including phenoxy) is 1. The molecule has 2 rings (SSSR count). The summed E-state index contributed by atoms with van der Waals surface area (Å²) in [4.78, 5) is 16.2. The number of benzene rings is 1. The second-order valence-electron chi connectivity index (χ2n) is 4.50. The molecule has 108 valence electrons. The van der Waals surface area contributed by atoms with Crippen LogP contribution in [0.5, 0.6) is 0 Å². The molecule has 0 unspecified atom stereocenters. The standard InChI is InChI=1S/C15H17NO2.C2H6/c1-5-18-15(17)13-8-16-14-10(3)6-9(2)7-12(14)11(13)4;1-2/h6-8H,5H2,1-4H3;1-2H3. The Balaban J connectivity index is 0.000000956. The van der Waals surface area contributed by atoms with Gasteiger partial charge in [-0.05, 0) is 44.9 Å². The maximum Gasteiger partial charge on any atom is 0.339 e. The highest BCUT2D eigenvalue weighted by atomic mass is 16.5. The van der Waals surface area contributed by atoms with Gasteiger partial charge in [0.2, 0.25) is 0 Å². The molecular weight excluding hydrogens is 250 g/mol.